The number of ether oxygens (including phenoxy) is 1. The first-order valence-electron chi connectivity index (χ1n) is 11.6. The Kier molecular flexibility index (Phi) is 8.95. The molecule has 2 N–H and O–H groups in total. The van der Waals surface area contributed by atoms with Crippen LogP contribution in [0.2, 0.25) is 0 Å². The van der Waals surface area contributed by atoms with Gasteiger partial charge in [0.15, 0.2) is 0 Å². The molecule has 0 unspecified atom stereocenters. The van der Waals surface area contributed by atoms with Crippen LogP contribution in [0.4, 0.5) is 11.4 Å². The molecule has 166 valence electrons. The third kappa shape index (κ3) is 7.42. The number of hydrogen-bond acceptors (Lipinski definition) is 3. The van der Waals surface area contributed by atoms with Gasteiger partial charge in [-0.3, -0.25) is 9.59 Å². The van der Waals surface area contributed by atoms with Gasteiger partial charge in [0.25, 0.3) is 5.91 Å². The normalized spacial score (nSPS) is 14.1. The van der Waals surface area contributed by atoms with Crippen molar-refractivity contribution in [2.24, 2.45) is 5.92 Å². The number of carbonyl (C=O) groups excluding carboxylic acids is 2. The Balaban J connectivity index is 1.50. The lowest BCUT2D eigenvalue weighted by Crippen LogP contribution is -2.24. The van der Waals surface area contributed by atoms with Crippen LogP contribution in [-0.2, 0) is 4.79 Å². The predicted octanol–water partition coefficient (Wildman–Crippen LogP) is 6.42. The van der Waals surface area contributed by atoms with Crippen molar-refractivity contribution in [3.63, 3.8) is 0 Å². The van der Waals surface area contributed by atoms with Crippen molar-refractivity contribution in [1.82, 2.24) is 0 Å². The third-order valence-corrected chi connectivity index (χ3v) is 5.75. The summed E-state index contributed by atoms with van der Waals surface area (Å²) in [5.74, 6) is 0.763. The molecular weight excluding hydrogens is 388 g/mol. The number of amides is 2. The fourth-order valence-corrected chi connectivity index (χ4v) is 3.91. The maximum atomic E-state index is 12.6. The number of benzene rings is 2. The molecule has 0 radical (unpaired) electrons. The Bertz CT molecular complexity index is 842. The highest BCUT2D eigenvalue weighted by Crippen LogP contribution is 2.25. The molecular formula is C26H34N2O3. The van der Waals surface area contributed by atoms with Crippen LogP contribution < -0.4 is 15.4 Å². The fraction of sp³-hybridized carbons (Fsp3) is 0.462. The molecule has 1 saturated carbocycles. The average Bonchev–Trinajstić information content (AvgIpc) is 2.80. The fourth-order valence-electron chi connectivity index (χ4n) is 3.91. The summed E-state index contributed by atoms with van der Waals surface area (Å²) >= 11 is 0. The van der Waals surface area contributed by atoms with E-state index >= 15 is 0 Å². The Morgan fingerprint density at radius 1 is 0.903 bits per heavy atom. The van der Waals surface area contributed by atoms with E-state index in [-0.39, 0.29) is 17.7 Å². The van der Waals surface area contributed by atoms with Crippen molar-refractivity contribution < 1.29 is 14.3 Å². The van der Waals surface area contributed by atoms with E-state index in [4.69, 9.17) is 4.74 Å². The maximum absolute atomic E-state index is 12.6. The standard InChI is InChI=1S/C26H34N2O3/c1-2-3-4-8-18-31-24-16-14-21(15-17-24)26(30)28-23-13-9-12-22(19-23)27-25(29)20-10-6-5-7-11-20/h9,12-17,19-20H,2-8,10-11,18H2,1H3,(H,27,29)(H,28,30). The van der Waals surface area contributed by atoms with Gasteiger partial charge in [-0.15, -0.1) is 0 Å². The number of hydrogen-bond donors (Lipinski definition) is 2. The van der Waals surface area contributed by atoms with E-state index in [0.29, 0.717) is 23.5 Å². The molecule has 0 saturated heterocycles. The lowest BCUT2D eigenvalue weighted by atomic mass is 9.88. The Morgan fingerprint density at radius 3 is 2.32 bits per heavy atom. The zero-order valence-electron chi connectivity index (χ0n) is 18.5. The summed E-state index contributed by atoms with van der Waals surface area (Å²) in [6.07, 6.45) is 10.0. The quantitative estimate of drug-likeness (QED) is 0.434. The molecule has 0 heterocycles. The smallest absolute Gasteiger partial charge is 0.255 e. The average molecular weight is 423 g/mol. The van der Waals surface area contributed by atoms with Crippen molar-refractivity contribution in [1.29, 1.82) is 0 Å². The van der Waals surface area contributed by atoms with Gasteiger partial charge in [0.05, 0.1) is 6.61 Å². The van der Waals surface area contributed by atoms with Crippen LogP contribution in [0.3, 0.4) is 0 Å². The zero-order valence-corrected chi connectivity index (χ0v) is 18.5. The molecule has 3 rings (SSSR count). The van der Waals surface area contributed by atoms with Gasteiger partial charge in [0, 0.05) is 22.9 Å². The molecule has 5 nitrogen and oxygen atoms in total. The molecule has 1 aliphatic carbocycles. The first-order valence-corrected chi connectivity index (χ1v) is 11.6. The second-order valence-electron chi connectivity index (χ2n) is 8.29. The van der Waals surface area contributed by atoms with E-state index in [1.807, 2.05) is 30.3 Å². The van der Waals surface area contributed by atoms with Gasteiger partial charge in [0.1, 0.15) is 5.75 Å². The topological polar surface area (TPSA) is 67.4 Å². The van der Waals surface area contributed by atoms with E-state index in [0.717, 1.165) is 37.9 Å². The highest BCUT2D eigenvalue weighted by Gasteiger charge is 2.21. The van der Waals surface area contributed by atoms with Crippen molar-refractivity contribution >= 4 is 23.2 Å². The molecule has 2 aromatic rings. The van der Waals surface area contributed by atoms with Crippen LogP contribution in [0.1, 0.15) is 75.1 Å². The van der Waals surface area contributed by atoms with Crippen molar-refractivity contribution in [3.05, 3.63) is 54.1 Å². The lowest BCUT2D eigenvalue weighted by Gasteiger charge is -2.20. The van der Waals surface area contributed by atoms with E-state index in [1.54, 1.807) is 18.2 Å². The second-order valence-corrected chi connectivity index (χ2v) is 8.29. The number of anilines is 2. The second kappa shape index (κ2) is 12.1. The van der Waals surface area contributed by atoms with E-state index in [2.05, 4.69) is 17.6 Å². The highest BCUT2D eigenvalue weighted by atomic mass is 16.5. The predicted molar refractivity (Wildman–Crippen MR) is 126 cm³/mol. The molecule has 31 heavy (non-hydrogen) atoms. The Hall–Kier alpha value is -2.82. The van der Waals surface area contributed by atoms with Crippen molar-refractivity contribution in [2.45, 2.75) is 64.7 Å². The van der Waals surface area contributed by atoms with Crippen LogP contribution in [0.25, 0.3) is 0 Å². The van der Waals surface area contributed by atoms with Gasteiger partial charge in [-0.05, 0) is 61.7 Å². The molecule has 2 amide bonds. The minimum atomic E-state index is -0.190. The van der Waals surface area contributed by atoms with Gasteiger partial charge >= 0.3 is 0 Å². The van der Waals surface area contributed by atoms with Gasteiger partial charge in [-0.2, -0.15) is 0 Å². The summed E-state index contributed by atoms with van der Waals surface area (Å²) in [7, 11) is 0. The number of nitrogens with one attached hydrogen (secondary N) is 2. The van der Waals surface area contributed by atoms with Gasteiger partial charge < -0.3 is 15.4 Å². The first kappa shape index (κ1) is 22.9. The van der Waals surface area contributed by atoms with E-state index < -0.39 is 0 Å². The van der Waals surface area contributed by atoms with Crippen LogP contribution >= 0.6 is 0 Å². The molecule has 0 bridgehead atoms. The van der Waals surface area contributed by atoms with Gasteiger partial charge in [0.2, 0.25) is 5.91 Å². The monoisotopic (exact) mass is 422 g/mol. The summed E-state index contributed by atoms with van der Waals surface area (Å²) in [6, 6.07) is 14.5. The summed E-state index contributed by atoms with van der Waals surface area (Å²) in [4.78, 5) is 25.1. The minimum Gasteiger partial charge on any atom is -0.494 e. The Labute approximate surface area is 185 Å². The number of unbranched alkanes of at least 4 members (excludes halogenated alkanes) is 3. The zero-order chi connectivity index (χ0) is 21.9. The number of rotatable bonds is 10. The molecule has 1 aliphatic rings. The largest absolute Gasteiger partial charge is 0.494 e. The first-order chi connectivity index (χ1) is 15.2. The van der Waals surface area contributed by atoms with E-state index in [1.165, 1.54) is 25.7 Å². The third-order valence-electron chi connectivity index (χ3n) is 5.75. The van der Waals surface area contributed by atoms with Crippen LogP contribution in [0.5, 0.6) is 5.75 Å². The molecule has 2 aromatic carbocycles. The minimum absolute atomic E-state index is 0.0773. The van der Waals surface area contributed by atoms with Gasteiger partial charge in [-0.25, -0.2) is 0 Å². The van der Waals surface area contributed by atoms with Crippen LogP contribution in [0.15, 0.2) is 48.5 Å². The number of carbonyl (C=O) groups is 2. The summed E-state index contributed by atoms with van der Waals surface area (Å²) in [5, 5.41) is 5.90. The molecule has 0 aliphatic heterocycles. The Morgan fingerprint density at radius 2 is 1.61 bits per heavy atom. The molecule has 1 fully saturated rings. The molecule has 5 heteroatoms. The van der Waals surface area contributed by atoms with Gasteiger partial charge in [-0.1, -0.05) is 51.5 Å². The molecule has 0 aromatic heterocycles. The van der Waals surface area contributed by atoms with Crippen molar-refractivity contribution in [2.75, 3.05) is 17.2 Å². The highest BCUT2D eigenvalue weighted by molar-refractivity contribution is 6.04. The molecule has 0 atom stereocenters. The van der Waals surface area contributed by atoms with Crippen molar-refractivity contribution in [3.8, 4) is 5.75 Å². The maximum Gasteiger partial charge on any atom is 0.255 e. The molecule has 0 spiro atoms. The van der Waals surface area contributed by atoms with Crippen LogP contribution in [0, 0.1) is 5.92 Å². The summed E-state index contributed by atoms with van der Waals surface area (Å²) in [6.45, 7) is 2.89. The summed E-state index contributed by atoms with van der Waals surface area (Å²) < 4.78 is 5.74. The lowest BCUT2D eigenvalue weighted by molar-refractivity contribution is -0.120. The van der Waals surface area contributed by atoms with E-state index in [9.17, 15) is 9.59 Å². The SMILES string of the molecule is CCCCCCOc1ccc(C(=O)Nc2cccc(NC(=O)C3CCCCC3)c2)cc1. The summed E-state index contributed by atoms with van der Waals surface area (Å²) in [5.41, 5.74) is 1.93. The van der Waals surface area contributed by atoms with Crippen LogP contribution in [-0.4, -0.2) is 18.4 Å².